The summed E-state index contributed by atoms with van der Waals surface area (Å²) in [6, 6.07) is 4.76. The summed E-state index contributed by atoms with van der Waals surface area (Å²) in [4.78, 5) is 4.40. The average molecular weight is 356 g/mol. The molecular weight excluding hydrogens is 341 g/mol. The molecule has 0 amide bonds. The summed E-state index contributed by atoms with van der Waals surface area (Å²) >= 11 is 3.26. The van der Waals surface area contributed by atoms with Gasteiger partial charge < -0.3 is 14.6 Å². The molecule has 1 saturated heterocycles. The highest BCUT2D eigenvalue weighted by Crippen LogP contribution is 2.28. The second-order valence-corrected chi connectivity index (χ2v) is 5.90. The summed E-state index contributed by atoms with van der Waals surface area (Å²) in [5.41, 5.74) is 0.578. The maximum Gasteiger partial charge on any atom is 0.233 e. The van der Waals surface area contributed by atoms with Crippen molar-refractivity contribution >= 4 is 15.9 Å². The zero-order valence-electron chi connectivity index (χ0n) is 11.5. The summed E-state index contributed by atoms with van der Waals surface area (Å²) in [6.45, 7) is 1.26. The van der Waals surface area contributed by atoms with Gasteiger partial charge in [-0.25, -0.2) is 4.39 Å². The molecule has 1 aromatic heterocycles. The molecule has 1 N–H and O–H groups in total. The van der Waals surface area contributed by atoms with Crippen LogP contribution in [-0.2, 0) is 4.74 Å². The third-order valence-corrected chi connectivity index (χ3v) is 4.06. The number of hydrogen-bond acceptors (Lipinski definition) is 5. The van der Waals surface area contributed by atoms with Gasteiger partial charge in [-0.05, 0) is 31.7 Å². The monoisotopic (exact) mass is 355 g/mol. The standard InChI is InChI=1S/C14H15BrFN3O2/c1-17-12-2-3-20-7-11(12)14-18-13(19-21-14)8-4-9(15)6-10(16)5-8/h4-6,11-12,17H,2-3,7H2,1H3. The lowest BCUT2D eigenvalue weighted by Crippen LogP contribution is -2.39. The van der Waals surface area contributed by atoms with E-state index in [-0.39, 0.29) is 17.8 Å². The average Bonchev–Trinajstić information content (AvgIpc) is 2.96. The van der Waals surface area contributed by atoms with Crippen molar-refractivity contribution in [1.29, 1.82) is 0 Å². The summed E-state index contributed by atoms with van der Waals surface area (Å²) in [6.07, 6.45) is 0.893. The minimum atomic E-state index is -0.347. The number of hydrogen-bond donors (Lipinski definition) is 1. The van der Waals surface area contributed by atoms with Crippen molar-refractivity contribution in [3.8, 4) is 11.4 Å². The first kappa shape index (κ1) is 14.6. The van der Waals surface area contributed by atoms with Crippen LogP contribution in [0.1, 0.15) is 18.2 Å². The van der Waals surface area contributed by atoms with Gasteiger partial charge in [-0.1, -0.05) is 21.1 Å². The fraction of sp³-hybridized carbons (Fsp3) is 0.429. The van der Waals surface area contributed by atoms with Crippen LogP contribution in [0.5, 0.6) is 0 Å². The number of halogens is 2. The molecule has 2 atom stereocenters. The van der Waals surface area contributed by atoms with Crippen LogP contribution in [0.3, 0.4) is 0 Å². The van der Waals surface area contributed by atoms with E-state index in [0.717, 1.165) is 13.0 Å². The topological polar surface area (TPSA) is 60.2 Å². The number of nitrogens with one attached hydrogen (secondary N) is 1. The van der Waals surface area contributed by atoms with E-state index in [4.69, 9.17) is 9.26 Å². The number of likely N-dealkylation sites (N-methyl/N-ethyl adjacent to an activating group) is 1. The predicted octanol–water partition coefficient (Wildman–Crippen LogP) is 2.73. The minimum absolute atomic E-state index is 0.0157. The molecule has 2 unspecified atom stereocenters. The van der Waals surface area contributed by atoms with Crippen LogP contribution in [0, 0.1) is 5.82 Å². The third kappa shape index (κ3) is 3.14. The SMILES string of the molecule is CNC1CCOCC1c1nc(-c2cc(F)cc(Br)c2)no1. The Morgan fingerprint density at radius 1 is 1.38 bits per heavy atom. The molecule has 5 nitrogen and oxygen atoms in total. The zero-order valence-corrected chi connectivity index (χ0v) is 13.1. The molecule has 1 aliphatic heterocycles. The van der Waals surface area contributed by atoms with Crippen molar-refractivity contribution in [3.05, 3.63) is 34.4 Å². The molecule has 3 rings (SSSR count). The second-order valence-electron chi connectivity index (χ2n) is 4.98. The minimum Gasteiger partial charge on any atom is -0.381 e. The Bertz CT molecular complexity index is 614. The van der Waals surface area contributed by atoms with Crippen LogP contribution in [0.2, 0.25) is 0 Å². The molecule has 0 bridgehead atoms. The summed E-state index contributed by atoms with van der Waals surface area (Å²) in [7, 11) is 1.91. The Morgan fingerprint density at radius 3 is 3.00 bits per heavy atom. The molecule has 0 aliphatic carbocycles. The lowest BCUT2D eigenvalue weighted by atomic mass is 9.96. The Balaban J connectivity index is 1.88. The van der Waals surface area contributed by atoms with Crippen molar-refractivity contribution in [3.63, 3.8) is 0 Å². The van der Waals surface area contributed by atoms with Gasteiger partial charge in [0.1, 0.15) is 5.82 Å². The van der Waals surface area contributed by atoms with Gasteiger partial charge in [0.05, 0.1) is 12.5 Å². The van der Waals surface area contributed by atoms with Gasteiger partial charge in [-0.15, -0.1) is 0 Å². The number of benzene rings is 1. The van der Waals surface area contributed by atoms with E-state index >= 15 is 0 Å². The van der Waals surface area contributed by atoms with Gasteiger partial charge in [-0.3, -0.25) is 0 Å². The first-order valence-corrected chi connectivity index (χ1v) is 7.52. The van der Waals surface area contributed by atoms with Crippen molar-refractivity contribution in [2.75, 3.05) is 20.3 Å². The third-order valence-electron chi connectivity index (χ3n) is 3.61. The molecular formula is C14H15BrFN3O2. The van der Waals surface area contributed by atoms with Crippen LogP contribution in [-0.4, -0.2) is 36.4 Å². The summed E-state index contributed by atoms with van der Waals surface area (Å²) in [5.74, 6) is 0.567. The van der Waals surface area contributed by atoms with Crippen LogP contribution < -0.4 is 5.32 Å². The van der Waals surface area contributed by atoms with Gasteiger partial charge in [0.25, 0.3) is 0 Å². The van der Waals surface area contributed by atoms with Crippen molar-refractivity contribution < 1.29 is 13.7 Å². The maximum atomic E-state index is 13.4. The van der Waals surface area contributed by atoms with E-state index in [1.807, 2.05) is 7.05 Å². The lowest BCUT2D eigenvalue weighted by Gasteiger charge is -2.28. The zero-order chi connectivity index (χ0) is 14.8. The van der Waals surface area contributed by atoms with Crippen LogP contribution in [0.25, 0.3) is 11.4 Å². The fourth-order valence-corrected chi connectivity index (χ4v) is 2.98. The molecule has 7 heteroatoms. The van der Waals surface area contributed by atoms with Gasteiger partial charge in [-0.2, -0.15) is 4.98 Å². The molecule has 21 heavy (non-hydrogen) atoms. The summed E-state index contributed by atoms with van der Waals surface area (Å²) < 4.78 is 24.9. The normalized spacial score (nSPS) is 22.4. The number of rotatable bonds is 3. The Hall–Kier alpha value is -1.31. The number of ether oxygens (including phenoxy) is 1. The predicted molar refractivity (Wildman–Crippen MR) is 78.4 cm³/mol. The van der Waals surface area contributed by atoms with Crippen LogP contribution in [0.4, 0.5) is 4.39 Å². The molecule has 1 aliphatic rings. The molecule has 2 aromatic rings. The Kier molecular flexibility index (Phi) is 4.32. The van der Waals surface area contributed by atoms with Crippen molar-refractivity contribution in [2.45, 2.75) is 18.4 Å². The maximum absolute atomic E-state index is 13.4. The number of nitrogens with zero attached hydrogens (tertiary/aromatic N) is 2. The molecule has 1 fully saturated rings. The molecule has 0 saturated carbocycles. The van der Waals surface area contributed by atoms with E-state index in [1.165, 1.54) is 12.1 Å². The number of aromatic nitrogens is 2. The first-order valence-electron chi connectivity index (χ1n) is 6.72. The molecule has 112 valence electrons. The second kappa shape index (κ2) is 6.21. The van der Waals surface area contributed by atoms with E-state index in [0.29, 0.717) is 28.4 Å². The van der Waals surface area contributed by atoms with Gasteiger partial charge in [0.15, 0.2) is 0 Å². The lowest BCUT2D eigenvalue weighted by molar-refractivity contribution is 0.0516. The summed E-state index contributed by atoms with van der Waals surface area (Å²) in [5, 5.41) is 7.20. The highest BCUT2D eigenvalue weighted by molar-refractivity contribution is 9.10. The highest BCUT2D eigenvalue weighted by atomic mass is 79.9. The fourth-order valence-electron chi connectivity index (χ4n) is 2.51. The smallest absolute Gasteiger partial charge is 0.233 e. The van der Waals surface area contributed by atoms with Gasteiger partial charge in [0, 0.05) is 22.7 Å². The van der Waals surface area contributed by atoms with E-state index in [2.05, 4.69) is 31.4 Å². The van der Waals surface area contributed by atoms with Crippen molar-refractivity contribution in [2.24, 2.45) is 0 Å². The first-order chi connectivity index (χ1) is 10.2. The highest BCUT2D eigenvalue weighted by Gasteiger charge is 2.30. The van der Waals surface area contributed by atoms with E-state index < -0.39 is 0 Å². The van der Waals surface area contributed by atoms with Crippen LogP contribution >= 0.6 is 15.9 Å². The molecule has 0 spiro atoms. The van der Waals surface area contributed by atoms with Gasteiger partial charge in [0.2, 0.25) is 11.7 Å². The van der Waals surface area contributed by atoms with Crippen molar-refractivity contribution in [1.82, 2.24) is 15.5 Å². The van der Waals surface area contributed by atoms with E-state index in [9.17, 15) is 4.39 Å². The quantitative estimate of drug-likeness (QED) is 0.917. The Morgan fingerprint density at radius 2 is 2.24 bits per heavy atom. The largest absolute Gasteiger partial charge is 0.381 e. The van der Waals surface area contributed by atoms with Gasteiger partial charge >= 0.3 is 0 Å². The van der Waals surface area contributed by atoms with Crippen LogP contribution in [0.15, 0.2) is 27.2 Å². The molecule has 0 radical (unpaired) electrons. The molecule has 1 aromatic carbocycles. The molecule has 2 heterocycles. The van der Waals surface area contributed by atoms with E-state index in [1.54, 1.807) is 6.07 Å². The Labute approximate surface area is 130 Å².